The predicted molar refractivity (Wildman–Crippen MR) is 96.5 cm³/mol. The van der Waals surface area contributed by atoms with Crippen LogP contribution in [0.15, 0.2) is 42.6 Å². The van der Waals surface area contributed by atoms with Crippen LogP contribution >= 0.6 is 0 Å². The van der Waals surface area contributed by atoms with Gasteiger partial charge in [0.2, 0.25) is 5.88 Å². The first-order valence-corrected chi connectivity index (χ1v) is 8.21. The van der Waals surface area contributed by atoms with Crippen LogP contribution in [0.3, 0.4) is 0 Å². The van der Waals surface area contributed by atoms with E-state index in [1.165, 1.54) is 11.8 Å². The Kier molecular flexibility index (Phi) is 5.11. The maximum Gasteiger partial charge on any atom is 0.272 e. The van der Waals surface area contributed by atoms with Crippen molar-refractivity contribution in [1.82, 2.24) is 30.3 Å². The molecular formula is C18H19FN6O2. The Labute approximate surface area is 155 Å². The molecule has 0 saturated heterocycles. The highest BCUT2D eigenvalue weighted by molar-refractivity contribution is 5.94. The SMILES string of the molecule is COc1ccc(-n2nc(C(=O)NC(C)(C)CF)cc2-c2ccccn2)nn1. The van der Waals surface area contributed by atoms with E-state index in [4.69, 9.17) is 4.74 Å². The van der Waals surface area contributed by atoms with Crippen LogP contribution in [0.25, 0.3) is 17.2 Å². The lowest BCUT2D eigenvalue weighted by molar-refractivity contribution is 0.0894. The zero-order valence-corrected chi connectivity index (χ0v) is 15.2. The summed E-state index contributed by atoms with van der Waals surface area (Å²) in [5, 5.41) is 15.0. The van der Waals surface area contributed by atoms with Gasteiger partial charge in [0.05, 0.1) is 24.0 Å². The van der Waals surface area contributed by atoms with Crippen molar-refractivity contribution in [2.75, 3.05) is 13.8 Å². The largest absolute Gasteiger partial charge is 0.480 e. The maximum atomic E-state index is 13.1. The number of ether oxygens (including phenoxy) is 1. The van der Waals surface area contributed by atoms with E-state index in [1.807, 2.05) is 6.07 Å². The zero-order chi connectivity index (χ0) is 19.4. The van der Waals surface area contributed by atoms with Gasteiger partial charge in [-0.25, -0.2) is 9.07 Å². The molecule has 0 aliphatic rings. The first kappa shape index (κ1) is 18.4. The highest BCUT2D eigenvalue weighted by atomic mass is 19.1. The third-order valence-electron chi connectivity index (χ3n) is 3.71. The number of alkyl halides is 1. The summed E-state index contributed by atoms with van der Waals surface area (Å²) in [6.45, 7) is 2.49. The Hall–Kier alpha value is -3.36. The van der Waals surface area contributed by atoms with Gasteiger partial charge in [-0.3, -0.25) is 9.78 Å². The molecule has 3 rings (SSSR count). The second-order valence-corrected chi connectivity index (χ2v) is 6.45. The molecule has 3 aromatic heterocycles. The Morgan fingerprint density at radius 1 is 1.26 bits per heavy atom. The van der Waals surface area contributed by atoms with E-state index in [2.05, 4.69) is 25.6 Å². The number of nitrogens with one attached hydrogen (secondary N) is 1. The van der Waals surface area contributed by atoms with Crippen molar-refractivity contribution < 1.29 is 13.9 Å². The third-order valence-corrected chi connectivity index (χ3v) is 3.71. The van der Waals surface area contributed by atoms with Crippen LogP contribution in [-0.4, -0.2) is 50.2 Å². The molecule has 0 spiro atoms. The summed E-state index contributed by atoms with van der Waals surface area (Å²) in [6, 6.07) is 10.3. The van der Waals surface area contributed by atoms with Crippen LogP contribution in [0.5, 0.6) is 5.88 Å². The van der Waals surface area contributed by atoms with Crippen LogP contribution < -0.4 is 10.1 Å². The number of carbonyl (C=O) groups is 1. The number of methoxy groups -OCH3 is 1. The molecule has 0 atom stereocenters. The summed E-state index contributed by atoms with van der Waals surface area (Å²) in [7, 11) is 1.49. The Morgan fingerprint density at radius 3 is 2.67 bits per heavy atom. The van der Waals surface area contributed by atoms with Gasteiger partial charge in [-0.1, -0.05) is 6.07 Å². The molecule has 3 aromatic rings. The molecule has 0 aliphatic carbocycles. The molecule has 27 heavy (non-hydrogen) atoms. The number of pyridine rings is 1. The van der Waals surface area contributed by atoms with Crippen LogP contribution in [0, 0.1) is 0 Å². The fourth-order valence-electron chi connectivity index (χ4n) is 2.30. The average Bonchev–Trinajstić information content (AvgIpc) is 3.14. The number of amides is 1. The number of hydrogen-bond donors (Lipinski definition) is 1. The van der Waals surface area contributed by atoms with Gasteiger partial charge in [0, 0.05) is 12.3 Å². The van der Waals surface area contributed by atoms with Gasteiger partial charge < -0.3 is 10.1 Å². The number of halogens is 1. The van der Waals surface area contributed by atoms with E-state index < -0.39 is 18.1 Å². The number of hydrogen-bond acceptors (Lipinski definition) is 6. The zero-order valence-electron chi connectivity index (χ0n) is 15.2. The van der Waals surface area contributed by atoms with E-state index >= 15 is 0 Å². The topological polar surface area (TPSA) is 94.8 Å². The minimum atomic E-state index is -0.994. The number of carbonyl (C=O) groups excluding carboxylic acids is 1. The lowest BCUT2D eigenvalue weighted by Gasteiger charge is -2.21. The summed E-state index contributed by atoms with van der Waals surface area (Å²) in [4.78, 5) is 16.8. The molecule has 140 valence electrons. The van der Waals surface area contributed by atoms with E-state index in [0.717, 1.165) is 0 Å². The molecule has 8 nitrogen and oxygen atoms in total. The summed E-state index contributed by atoms with van der Waals surface area (Å²) < 4.78 is 19.5. The van der Waals surface area contributed by atoms with Crippen molar-refractivity contribution in [2.45, 2.75) is 19.4 Å². The van der Waals surface area contributed by atoms with Crippen LogP contribution in [-0.2, 0) is 0 Å². The van der Waals surface area contributed by atoms with Crippen molar-refractivity contribution in [3.63, 3.8) is 0 Å². The fourth-order valence-corrected chi connectivity index (χ4v) is 2.30. The molecular weight excluding hydrogens is 351 g/mol. The Balaban J connectivity index is 2.05. The minimum Gasteiger partial charge on any atom is -0.480 e. The molecule has 0 aliphatic heterocycles. The Bertz CT molecular complexity index is 925. The predicted octanol–water partition coefficient (Wildman–Crippen LogP) is 2.21. The second-order valence-electron chi connectivity index (χ2n) is 6.45. The molecule has 0 saturated carbocycles. The molecule has 0 unspecified atom stereocenters. The number of rotatable bonds is 6. The van der Waals surface area contributed by atoms with E-state index in [9.17, 15) is 9.18 Å². The Morgan fingerprint density at radius 2 is 2.07 bits per heavy atom. The van der Waals surface area contributed by atoms with Crippen molar-refractivity contribution in [1.29, 1.82) is 0 Å². The lowest BCUT2D eigenvalue weighted by Crippen LogP contribution is -2.45. The first-order chi connectivity index (χ1) is 12.9. The van der Waals surface area contributed by atoms with Gasteiger partial charge in [0.1, 0.15) is 6.67 Å². The van der Waals surface area contributed by atoms with Gasteiger partial charge in [0.15, 0.2) is 11.5 Å². The average molecular weight is 370 g/mol. The number of nitrogens with zero attached hydrogens (tertiary/aromatic N) is 5. The van der Waals surface area contributed by atoms with Crippen LogP contribution in [0.2, 0.25) is 0 Å². The second kappa shape index (κ2) is 7.48. The van der Waals surface area contributed by atoms with Crippen molar-refractivity contribution >= 4 is 5.91 Å². The van der Waals surface area contributed by atoms with Crippen molar-refractivity contribution in [3.8, 4) is 23.1 Å². The first-order valence-electron chi connectivity index (χ1n) is 8.21. The van der Waals surface area contributed by atoms with Crippen LogP contribution in [0.1, 0.15) is 24.3 Å². The van der Waals surface area contributed by atoms with Gasteiger partial charge >= 0.3 is 0 Å². The van der Waals surface area contributed by atoms with Gasteiger partial charge in [-0.2, -0.15) is 5.10 Å². The molecule has 0 radical (unpaired) electrons. The van der Waals surface area contributed by atoms with Gasteiger partial charge in [-0.05, 0) is 38.1 Å². The lowest BCUT2D eigenvalue weighted by atomic mass is 10.1. The highest BCUT2D eigenvalue weighted by Gasteiger charge is 2.24. The van der Waals surface area contributed by atoms with Crippen LogP contribution in [0.4, 0.5) is 4.39 Å². The molecule has 1 amide bonds. The molecule has 3 heterocycles. The van der Waals surface area contributed by atoms with E-state index in [-0.39, 0.29) is 5.69 Å². The summed E-state index contributed by atoms with van der Waals surface area (Å²) in [5.41, 5.74) is 0.283. The molecule has 0 aromatic carbocycles. The molecule has 9 heteroatoms. The summed E-state index contributed by atoms with van der Waals surface area (Å²) in [6.07, 6.45) is 1.64. The number of aromatic nitrogens is 5. The summed E-state index contributed by atoms with van der Waals surface area (Å²) >= 11 is 0. The van der Waals surface area contributed by atoms with E-state index in [1.54, 1.807) is 50.4 Å². The minimum absolute atomic E-state index is 0.120. The smallest absolute Gasteiger partial charge is 0.272 e. The highest BCUT2D eigenvalue weighted by Crippen LogP contribution is 2.22. The van der Waals surface area contributed by atoms with Crippen molar-refractivity contribution in [2.24, 2.45) is 0 Å². The quantitative estimate of drug-likeness (QED) is 0.715. The molecule has 0 bridgehead atoms. The van der Waals surface area contributed by atoms with Crippen molar-refractivity contribution in [3.05, 3.63) is 48.3 Å². The van der Waals surface area contributed by atoms with E-state index in [0.29, 0.717) is 23.1 Å². The van der Waals surface area contributed by atoms with Gasteiger partial charge in [0.25, 0.3) is 5.91 Å². The summed E-state index contributed by atoms with van der Waals surface area (Å²) in [5.74, 6) is 0.253. The fraction of sp³-hybridized carbons (Fsp3) is 0.278. The molecule has 1 N–H and O–H groups in total. The molecule has 0 fully saturated rings. The third kappa shape index (κ3) is 4.08. The monoisotopic (exact) mass is 370 g/mol. The maximum absolute atomic E-state index is 13.1. The standard InChI is InChI=1S/C18H19FN6O2/c1-18(2,11-19)21-17(26)13-10-14(12-6-4-5-9-20-12)25(24-13)15-7-8-16(27-3)23-22-15/h4-10H,11H2,1-3H3,(H,21,26). The van der Waals surface area contributed by atoms with Gasteiger partial charge in [-0.15, -0.1) is 10.2 Å². The normalized spacial score (nSPS) is 11.3.